The topological polar surface area (TPSA) is 143 Å². The maximum absolute atomic E-state index is 11.5. The largest absolute Gasteiger partial charge is 0.493 e. The lowest BCUT2D eigenvalue weighted by Gasteiger charge is -2.34. The van der Waals surface area contributed by atoms with Crippen LogP contribution in [0.1, 0.15) is 11.1 Å². The van der Waals surface area contributed by atoms with Crippen molar-refractivity contribution in [1.82, 2.24) is 9.80 Å². The van der Waals surface area contributed by atoms with Crippen molar-refractivity contribution in [2.24, 2.45) is 0 Å². The second-order valence-corrected chi connectivity index (χ2v) is 7.82. The lowest BCUT2D eigenvalue weighted by Crippen LogP contribution is -2.45. The van der Waals surface area contributed by atoms with Crippen molar-refractivity contribution < 1.29 is 34.2 Å². The molecule has 11 nitrogen and oxygen atoms in total. The van der Waals surface area contributed by atoms with Crippen molar-refractivity contribution in [2.45, 2.75) is 13.1 Å². The summed E-state index contributed by atoms with van der Waals surface area (Å²) in [7, 11) is 3.00. The molecule has 0 atom stereocenters. The number of carbonyl (C=O) groups is 2. The lowest BCUT2D eigenvalue weighted by molar-refractivity contribution is -0.385. The van der Waals surface area contributed by atoms with Gasteiger partial charge in [0.2, 0.25) is 0 Å². The van der Waals surface area contributed by atoms with Gasteiger partial charge in [0.1, 0.15) is 0 Å². The van der Waals surface area contributed by atoms with Crippen LogP contribution in [-0.4, -0.2) is 77.3 Å². The number of nitro groups is 1. The van der Waals surface area contributed by atoms with Crippen LogP contribution in [0, 0.1) is 10.1 Å². The van der Waals surface area contributed by atoms with E-state index in [-0.39, 0.29) is 10.6 Å². The Bertz CT molecular complexity index is 996. The van der Waals surface area contributed by atoms with E-state index in [0.717, 1.165) is 37.7 Å². The SMILES string of the molecule is COc1cc(CN2CCN(Cc3ccc(Cl)cc3)CC2)c([N+](=O)[O-])cc1OC.O=C(O)C(=O)O. The summed E-state index contributed by atoms with van der Waals surface area (Å²) in [5, 5.41) is 27.0. The number of carboxylic acid groups (broad SMARTS) is 2. The molecule has 0 aliphatic carbocycles. The van der Waals surface area contributed by atoms with Gasteiger partial charge >= 0.3 is 11.9 Å². The van der Waals surface area contributed by atoms with Gasteiger partial charge in [-0.3, -0.25) is 19.9 Å². The number of aliphatic carboxylic acids is 2. The first-order valence-corrected chi connectivity index (χ1v) is 10.6. The quantitative estimate of drug-likeness (QED) is 0.334. The molecule has 12 heteroatoms. The van der Waals surface area contributed by atoms with Crippen molar-refractivity contribution >= 4 is 29.2 Å². The molecule has 184 valence electrons. The third-order valence-electron chi connectivity index (χ3n) is 5.14. The van der Waals surface area contributed by atoms with Crippen LogP contribution in [0.25, 0.3) is 0 Å². The van der Waals surface area contributed by atoms with Crippen LogP contribution in [0.2, 0.25) is 5.02 Å². The first-order chi connectivity index (χ1) is 16.1. The van der Waals surface area contributed by atoms with Crippen molar-refractivity contribution in [3.05, 3.63) is 62.7 Å². The van der Waals surface area contributed by atoms with Gasteiger partial charge in [0, 0.05) is 49.9 Å². The standard InChI is InChI=1S/C20H24ClN3O4.C2H2O4/c1-27-19-11-16(18(24(25)26)12-20(19)28-2)14-23-9-7-22(8-10-23)13-15-3-5-17(21)6-4-15;3-1(4)2(5)6/h3-6,11-12H,7-10,13-14H2,1-2H3;(H,3,4)(H,5,6). The van der Waals surface area contributed by atoms with E-state index < -0.39 is 11.9 Å². The van der Waals surface area contributed by atoms with Crippen LogP contribution < -0.4 is 9.47 Å². The molecule has 34 heavy (non-hydrogen) atoms. The third kappa shape index (κ3) is 7.87. The summed E-state index contributed by atoms with van der Waals surface area (Å²) in [5.41, 5.74) is 1.92. The number of piperazine rings is 1. The number of ether oxygens (including phenoxy) is 2. The molecule has 2 aromatic rings. The van der Waals surface area contributed by atoms with Gasteiger partial charge in [0.25, 0.3) is 5.69 Å². The molecule has 1 aliphatic heterocycles. The number of halogens is 1. The first-order valence-electron chi connectivity index (χ1n) is 10.2. The number of hydrogen-bond acceptors (Lipinski definition) is 8. The summed E-state index contributed by atoms with van der Waals surface area (Å²) in [6.45, 7) is 4.89. The minimum absolute atomic E-state index is 0.0567. The molecule has 0 saturated carbocycles. The molecule has 0 aromatic heterocycles. The van der Waals surface area contributed by atoms with E-state index in [1.54, 1.807) is 6.07 Å². The van der Waals surface area contributed by atoms with Crippen molar-refractivity contribution in [3.63, 3.8) is 0 Å². The summed E-state index contributed by atoms with van der Waals surface area (Å²) >= 11 is 5.94. The fraction of sp³-hybridized carbons (Fsp3) is 0.364. The average Bonchev–Trinajstić information content (AvgIpc) is 2.81. The van der Waals surface area contributed by atoms with E-state index in [1.807, 2.05) is 24.3 Å². The number of rotatable bonds is 7. The van der Waals surface area contributed by atoms with Crippen LogP contribution in [0.4, 0.5) is 5.69 Å². The monoisotopic (exact) mass is 495 g/mol. The van der Waals surface area contributed by atoms with Gasteiger partial charge in [-0.25, -0.2) is 9.59 Å². The van der Waals surface area contributed by atoms with Gasteiger partial charge < -0.3 is 19.7 Å². The summed E-state index contributed by atoms with van der Waals surface area (Å²) < 4.78 is 10.5. The Morgan fingerprint density at radius 2 is 1.41 bits per heavy atom. The molecule has 2 aromatic carbocycles. The Morgan fingerprint density at radius 1 is 0.941 bits per heavy atom. The summed E-state index contributed by atoms with van der Waals surface area (Å²) in [4.78, 5) is 33.9. The number of hydrogen-bond donors (Lipinski definition) is 2. The lowest BCUT2D eigenvalue weighted by atomic mass is 10.1. The predicted octanol–water partition coefficient (Wildman–Crippen LogP) is 2.74. The summed E-state index contributed by atoms with van der Waals surface area (Å²) in [5.74, 6) is -2.78. The second kappa shape index (κ2) is 12.7. The highest BCUT2D eigenvalue weighted by molar-refractivity contribution is 6.30. The number of benzene rings is 2. The van der Waals surface area contributed by atoms with E-state index in [1.165, 1.54) is 25.8 Å². The van der Waals surface area contributed by atoms with Gasteiger partial charge in [-0.2, -0.15) is 0 Å². The number of carboxylic acids is 2. The number of methoxy groups -OCH3 is 2. The van der Waals surface area contributed by atoms with Gasteiger partial charge in [0.05, 0.1) is 25.2 Å². The molecule has 1 saturated heterocycles. The maximum Gasteiger partial charge on any atom is 0.414 e. The van der Waals surface area contributed by atoms with Crippen molar-refractivity contribution in [2.75, 3.05) is 40.4 Å². The fourth-order valence-electron chi connectivity index (χ4n) is 3.40. The van der Waals surface area contributed by atoms with E-state index in [2.05, 4.69) is 9.80 Å². The first kappa shape index (κ1) is 26.8. The van der Waals surface area contributed by atoms with Gasteiger partial charge in [-0.1, -0.05) is 23.7 Å². The molecule has 3 rings (SSSR count). The normalized spacial score (nSPS) is 14.0. The van der Waals surface area contributed by atoms with E-state index >= 15 is 0 Å². The molecule has 0 radical (unpaired) electrons. The molecule has 0 unspecified atom stereocenters. The highest BCUT2D eigenvalue weighted by Crippen LogP contribution is 2.35. The molecule has 1 aliphatic rings. The van der Waals surface area contributed by atoms with Crippen LogP contribution in [0.3, 0.4) is 0 Å². The Morgan fingerprint density at radius 3 is 1.85 bits per heavy atom. The Balaban J connectivity index is 0.000000604. The predicted molar refractivity (Wildman–Crippen MR) is 123 cm³/mol. The molecular formula is C22H26ClN3O8. The van der Waals surface area contributed by atoms with E-state index in [0.29, 0.717) is 23.6 Å². The zero-order chi connectivity index (χ0) is 25.3. The van der Waals surface area contributed by atoms with E-state index in [4.69, 9.17) is 40.9 Å². The Labute approximate surface area is 201 Å². The third-order valence-corrected chi connectivity index (χ3v) is 5.39. The number of nitro benzene ring substituents is 1. The minimum atomic E-state index is -1.82. The zero-order valence-electron chi connectivity index (χ0n) is 18.8. The molecular weight excluding hydrogens is 470 g/mol. The zero-order valence-corrected chi connectivity index (χ0v) is 19.5. The molecule has 1 fully saturated rings. The summed E-state index contributed by atoms with van der Waals surface area (Å²) in [6, 6.07) is 11.0. The van der Waals surface area contributed by atoms with Crippen LogP contribution >= 0.6 is 11.6 Å². The summed E-state index contributed by atoms with van der Waals surface area (Å²) in [6.07, 6.45) is 0. The van der Waals surface area contributed by atoms with Crippen LogP contribution in [0.15, 0.2) is 36.4 Å². The smallest absolute Gasteiger partial charge is 0.414 e. The van der Waals surface area contributed by atoms with Crippen molar-refractivity contribution in [1.29, 1.82) is 0 Å². The van der Waals surface area contributed by atoms with Gasteiger partial charge in [-0.05, 0) is 23.8 Å². The van der Waals surface area contributed by atoms with Crippen LogP contribution in [0.5, 0.6) is 11.5 Å². The molecule has 0 bridgehead atoms. The van der Waals surface area contributed by atoms with E-state index in [9.17, 15) is 10.1 Å². The minimum Gasteiger partial charge on any atom is -0.493 e. The highest BCUT2D eigenvalue weighted by atomic mass is 35.5. The number of nitrogens with zero attached hydrogens (tertiary/aromatic N) is 3. The highest BCUT2D eigenvalue weighted by Gasteiger charge is 2.23. The molecule has 0 spiro atoms. The van der Waals surface area contributed by atoms with Gasteiger partial charge in [0.15, 0.2) is 11.5 Å². The van der Waals surface area contributed by atoms with Crippen LogP contribution in [-0.2, 0) is 22.7 Å². The Kier molecular flexibility index (Phi) is 10.0. The molecule has 1 heterocycles. The Hall–Kier alpha value is -3.41. The van der Waals surface area contributed by atoms with Crippen molar-refractivity contribution in [3.8, 4) is 11.5 Å². The molecule has 2 N–H and O–H groups in total. The molecule has 0 amide bonds. The van der Waals surface area contributed by atoms with Gasteiger partial charge in [-0.15, -0.1) is 0 Å². The maximum atomic E-state index is 11.5. The fourth-order valence-corrected chi connectivity index (χ4v) is 3.53. The average molecular weight is 496 g/mol. The second-order valence-electron chi connectivity index (χ2n) is 7.38.